The maximum absolute atomic E-state index is 11.7. The van der Waals surface area contributed by atoms with Crippen molar-refractivity contribution in [3.8, 4) is 0 Å². The van der Waals surface area contributed by atoms with E-state index in [1.165, 1.54) is 18.9 Å². The Bertz CT molecular complexity index is 414. The molecule has 1 N–H and O–H groups in total. The number of nitrogens with zero attached hydrogens (tertiary/aromatic N) is 3. The molecule has 17 heavy (non-hydrogen) atoms. The molecule has 1 amide bonds. The van der Waals surface area contributed by atoms with Crippen LogP contribution in [0.1, 0.15) is 18.9 Å². The monoisotopic (exact) mass is 239 g/mol. The lowest BCUT2D eigenvalue weighted by atomic mass is 10.1. The van der Waals surface area contributed by atoms with E-state index >= 15 is 0 Å². The molecule has 0 aromatic carbocycles. The Morgan fingerprint density at radius 3 is 2.71 bits per heavy atom. The Labute approximate surface area is 99.8 Å². The van der Waals surface area contributed by atoms with Crippen LogP contribution in [0.25, 0.3) is 0 Å². The van der Waals surface area contributed by atoms with Crippen LogP contribution in [0.15, 0.2) is 12.4 Å². The minimum atomic E-state index is -0.998. The lowest BCUT2D eigenvalue weighted by Crippen LogP contribution is -2.40. The molecule has 6 nitrogen and oxygen atoms in total. The summed E-state index contributed by atoms with van der Waals surface area (Å²) in [6, 6.07) is -0.795. The molecule has 6 heteroatoms. The zero-order valence-corrected chi connectivity index (χ0v) is 10.3. The molecule has 0 aliphatic heterocycles. The van der Waals surface area contributed by atoms with Crippen molar-refractivity contribution in [1.29, 1.82) is 0 Å². The van der Waals surface area contributed by atoms with E-state index in [-0.39, 0.29) is 5.91 Å². The predicted molar refractivity (Wildman–Crippen MR) is 61.4 cm³/mol. The third kappa shape index (κ3) is 3.58. The molecular weight excluding hydrogens is 222 g/mol. The SMILES string of the molecule is CC(C(=O)O)N(C)C(=O)CCc1cnn(C)c1. The van der Waals surface area contributed by atoms with Crippen LogP contribution in [-0.2, 0) is 23.1 Å². The lowest BCUT2D eigenvalue weighted by molar-refractivity contribution is -0.148. The van der Waals surface area contributed by atoms with Crippen LogP contribution in [0.4, 0.5) is 0 Å². The summed E-state index contributed by atoms with van der Waals surface area (Å²) in [6.07, 6.45) is 4.41. The minimum absolute atomic E-state index is 0.177. The van der Waals surface area contributed by atoms with Gasteiger partial charge in [0.15, 0.2) is 0 Å². The van der Waals surface area contributed by atoms with Gasteiger partial charge in [0.25, 0.3) is 0 Å². The number of likely N-dealkylation sites (N-methyl/N-ethyl adjacent to an activating group) is 1. The number of hydrogen-bond donors (Lipinski definition) is 1. The van der Waals surface area contributed by atoms with Crippen LogP contribution in [-0.4, -0.2) is 44.8 Å². The standard InChI is InChI=1S/C11H17N3O3/c1-8(11(16)17)14(3)10(15)5-4-9-6-12-13(2)7-9/h6-8H,4-5H2,1-3H3,(H,16,17). The van der Waals surface area contributed by atoms with Gasteiger partial charge in [-0.15, -0.1) is 0 Å². The molecule has 1 heterocycles. The third-order valence-electron chi connectivity index (χ3n) is 2.72. The van der Waals surface area contributed by atoms with Gasteiger partial charge < -0.3 is 10.0 Å². The topological polar surface area (TPSA) is 75.4 Å². The minimum Gasteiger partial charge on any atom is -0.480 e. The highest BCUT2D eigenvalue weighted by atomic mass is 16.4. The summed E-state index contributed by atoms with van der Waals surface area (Å²) in [5.41, 5.74) is 0.970. The number of rotatable bonds is 5. The fraction of sp³-hybridized carbons (Fsp3) is 0.545. The number of carbonyl (C=O) groups is 2. The molecule has 0 saturated carbocycles. The predicted octanol–water partition coefficient (Wildman–Crippen LogP) is 0.284. The van der Waals surface area contributed by atoms with Crippen molar-refractivity contribution in [3.63, 3.8) is 0 Å². The van der Waals surface area contributed by atoms with E-state index in [0.29, 0.717) is 12.8 Å². The summed E-state index contributed by atoms with van der Waals surface area (Å²) in [5.74, 6) is -1.18. The quantitative estimate of drug-likeness (QED) is 0.801. The van der Waals surface area contributed by atoms with Gasteiger partial charge in [-0.2, -0.15) is 5.10 Å². The fourth-order valence-corrected chi connectivity index (χ4v) is 1.41. The second kappa shape index (κ2) is 5.47. The molecule has 1 aromatic heterocycles. The first-order valence-electron chi connectivity index (χ1n) is 5.37. The van der Waals surface area contributed by atoms with Crippen molar-refractivity contribution < 1.29 is 14.7 Å². The van der Waals surface area contributed by atoms with Gasteiger partial charge in [0, 0.05) is 26.7 Å². The van der Waals surface area contributed by atoms with Crippen molar-refractivity contribution in [2.45, 2.75) is 25.8 Å². The van der Waals surface area contributed by atoms with Gasteiger partial charge in [-0.3, -0.25) is 9.48 Å². The largest absolute Gasteiger partial charge is 0.480 e. The average Bonchev–Trinajstić information content (AvgIpc) is 2.69. The lowest BCUT2D eigenvalue weighted by Gasteiger charge is -2.21. The first-order chi connectivity index (χ1) is 7.91. The second-order valence-corrected chi connectivity index (χ2v) is 4.04. The summed E-state index contributed by atoms with van der Waals surface area (Å²) >= 11 is 0. The van der Waals surface area contributed by atoms with Crippen LogP contribution in [0.3, 0.4) is 0 Å². The van der Waals surface area contributed by atoms with E-state index in [2.05, 4.69) is 5.10 Å². The number of carbonyl (C=O) groups excluding carboxylic acids is 1. The first kappa shape index (κ1) is 13.2. The van der Waals surface area contributed by atoms with Gasteiger partial charge >= 0.3 is 5.97 Å². The molecule has 0 aliphatic rings. The molecule has 1 rings (SSSR count). The van der Waals surface area contributed by atoms with Crippen molar-refractivity contribution in [1.82, 2.24) is 14.7 Å². The van der Waals surface area contributed by atoms with E-state index in [9.17, 15) is 9.59 Å². The van der Waals surface area contributed by atoms with E-state index in [4.69, 9.17) is 5.11 Å². The van der Waals surface area contributed by atoms with Crippen LogP contribution >= 0.6 is 0 Å². The van der Waals surface area contributed by atoms with Crippen molar-refractivity contribution >= 4 is 11.9 Å². The first-order valence-corrected chi connectivity index (χ1v) is 5.37. The maximum atomic E-state index is 11.7. The third-order valence-corrected chi connectivity index (χ3v) is 2.72. The zero-order chi connectivity index (χ0) is 13.0. The van der Waals surface area contributed by atoms with Crippen molar-refractivity contribution in [3.05, 3.63) is 18.0 Å². The number of aryl methyl sites for hydroxylation is 2. The second-order valence-electron chi connectivity index (χ2n) is 4.04. The van der Waals surface area contributed by atoms with E-state index in [1.54, 1.807) is 10.9 Å². The summed E-state index contributed by atoms with van der Waals surface area (Å²) in [6.45, 7) is 1.49. The maximum Gasteiger partial charge on any atom is 0.326 e. The molecule has 1 aromatic rings. The Morgan fingerprint density at radius 2 is 2.24 bits per heavy atom. The Hall–Kier alpha value is -1.85. The normalized spacial score (nSPS) is 12.2. The number of carboxylic acids is 1. The van der Waals surface area contributed by atoms with Crippen LogP contribution < -0.4 is 0 Å². The smallest absolute Gasteiger partial charge is 0.326 e. The molecule has 1 atom stereocenters. The summed E-state index contributed by atoms with van der Waals surface area (Å²) in [4.78, 5) is 23.7. The average molecular weight is 239 g/mol. The van der Waals surface area contributed by atoms with E-state index in [0.717, 1.165) is 5.56 Å². The van der Waals surface area contributed by atoms with Crippen LogP contribution in [0.5, 0.6) is 0 Å². The molecule has 0 bridgehead atoms. The molecule has 0 radical (unpaired) electrons. The number of hydrogen-bond acceptors (Lipinski definition) is 3. The molecule has 94 valence electrons. The number of aliphatic carboxylic acids is 1. The number of amides is 1. The van der Waals surface area contributed by atoms with E-state index < -0.39 is 12.0 Å². The summed E-state index contributed by atoms with van der Waals surface area (Å²) in [7, 11) is 3.31. The van der Waals surface area contributed by atoms with Crippen molar-refractivity contribution in [2.24, 2.45) is 7.05 Å². The van der Waals surface area contributed by atoms with Crippen LogP contribution in [0.2, 0.25) is 0 Å². The number of aromatic nitrogens is 2. The van der Waals surface area contributed by atoms with Crippen LogP contribution in [0, 0.1) is 0 Å². The summed E-state index contributed by atoms with van der Waals surface area (Å²) in [5, 5.41) is 12.8. The fourth-order valence-electron chi connectivity index (χ4n) is 1.41. The van der Waals surface area contributed by atoms with Gasteiger partial charge in [0.2, 0.25) is 5.91 Å². The highest BCUT2D eigenvalue weighted by Gasteiger charge is 2.21. The van der Waals surface area contributed by atoms with E-state index in [1.807, 2.05) is 13.2 Å². The highest BCUT2D eigenvalue weighted by molar-refractivity contribution is 5.83. The summed E-state index contributed by atoms with van der Waals surface area (Å²) < 4.78 is 1.67. The van der Waals surface area contributed by atoms with Gasteiger partial charge in [0.05, 0.1) is 6.20 Å². The Morgan fingerprint density at radius 1 is 1.59 bits per heavy atom. The van der Waals surface area contributed by atoms with Gasteiger partial charge in [-0.1, -0.05) is 0 Å². The van der Waals surface area contributed by atoms with Gasteiger partial charge in [-0.25, -0.2) is 4.79 Å². The highest BCUT2D eigenvalue weighted by Crippen LogP contribution is 2.05. The van der Waals surface area contributed by atoms with Gasteiger partial charge in [0.1, 0.15) is 6.04 Å². The molecule has 0 aliphatic carbocycles. The molecule has 0 spiro atoms. The van der Waals surface area contributed by atoms with Gasteiger partial charge in [-0.05, 0) is 18.9 Å². The molecule has 0 saturated heterocycles. The van der Waals surface area contributed by atoms with Crippen molar-refractivity contribution in [2.75, 3.05) is 7.05 Å². The number of carboxylic acid groups (broad SMARTS) is 1. The molecule has 1 unspecified atom stereocenters. The molecule has 0 fully saturated rings. The molecular formula is C11H17N3O3. The zero-order valence-electron chi connectivity index (χ0n) is 10.3. The Kier molecular flexibility index (Phi) is 4.25. The Balaban J connectivity index is 2.47.